The van der Waals surface area contributed by atoms with E-state index in [2.05, 4.69) is 33.4 Å². The summed E-state index contributed by atoms with van der Waals surface area (Å²) < 4.78 is 6.56. The quantitative estimate of drug-likeness (QED) is 0.346. The van der Waals surface area contributed by atoms with Gasteiger partial charge in [-0.2, -0.15) is 5.10 Å². The van der Waals surface area contributed by atoms with Gasteiger partial charge in [-0.25, -0.2) is 5.43 Å². The maximum absolute atomic E-state index is 12.4. The average Bonchev–Trinajstić information content (AvgIpc) is 2.64. The number of nitrogens with zero attached hydrogens (tertiary/aromatic N) is 1. The highest BCUT2D eigenvalue weighted by atomic mass is 79.9. The van der Waals surface area contributed by atoms with Crippen molar-refractivity contribution in [1.29, 1.82) is 0 Å². The van der Waals surface area contributed by atoms with E-state index in [1.54, 1.807) is 36.4 Å². The van der Waals surface area contributed by atoms with E-state index in [1.165, 1.54) is 19.1 Å². The Hall–Kier alpha value is -2.34. The van der Waals surface area contributed by atoms with Crippen LogP contribution in [0.4, 0.5) is 0 Å². The molecule has 0 aromatic heterocycles. The molecule has 0 aliphatic carbocycles. The van der Waals surface area contributed by atoms with Crippen molar-refractivity contribution in [3.8, 4) is 11.5 Å². The number of para-hydroxylation sites is 1. The van der Waals surface area contributed by atoms with E-state index in [4.69, 9.17) is 4.74 Å². The van der Waals surface area contributed by atoms with Gasteiger partial charge in [-0.1, -0.05) is 54.2 Å². The summed E-state index contributed by atoms with van der Waals surface area (Å²) >= 11 is 3.33. The Morgan fingerprint density at radius 1 is 1.23 bits per heavy atom. The minimum Gasteiger partial charge on any atom is -0.507 e. The van der Waals surface area contributed by atoms with Crippen LogP contribution in [0.25, 0.3) is 0 Å². The second-order valence-electron chi connectivity index (χ2n) is 5.81. The van der Waals surface area contributed by atoms with Crippen molar-refractivity contribution < 1.29 is 14.6 Å². The highest BCUT2D eigenvalue weighted by Gasteiger charge is 2.11. The number of carbonyl (C=O) groups is 1. The number of hydrogen-bond donors (Lipinski definition) is 2. The van der Waals surface area contributed by atoms with Crippen LogP contribution in [0.3, 0.4) is 0 Å². The molecule has 6 heteroatoms. The summed E-state index contributed by atoms with van der Waals surface area (Å²) in [5.74, 6) is 0.268. The first-order valence-corrected chi connectivity index (χ1v) is 9.45. The molecule has 0 saturated carbocycles. The Kier molecular flexibility index (Phi) is 8.15. The summed E-state index contributed by atoms with van der Waals surface area (Å²) in [5, 5.41) is 13.7. The number of phenols is 1. The Morgan fingerprint density at radius 3 is 2.85 bits per heavy atom. The van der Waals surface area contributed by atoms with Crippen molar-refractivity contribution in [2.24, 2.45) is 5.10 Å². The molecule has 0 aliphatic rings. The summed E-state index contributed by atoms with van der Waals surface area (Å²) in [5.41, 5.74) is 3.40. The number of hydrogen-bond acceptors (Lipinski definition) is 4. The number of phenolic OH excluding ortho intramolecular Hbond substituents is 1. The largest absolute Gasteiger partial charge is 0.507 e. The van der Waals surface area contributed by atoms with Crippen molar-refractivity contribution in [2.75, 3.05) is 6.61 Å². The second-order valence-corrected chi connectivity index (χ2v) is 6.72. The third kappa shape index (κ3) is 6.19. The van der Waals surface area contributed by atoms with E-state index < -0.39 is 0 Å². The van der Waals surface area contributed by atoms with Gasteiger partial charge in [-0.05, 0) is 36.8 Å². The Morgan fingerprint density at radius 2 is 2.04 bits per heavy atom. The first kappa shape index (κ1) is 20.0. The molecule has 0 atom stereocenters. The molecule has 2 aromatic rings. The maximum Gasteiger partial charge on any atom is 0.275 e. The first-order valence-electron chi connectivity index (χ1n) is 8.65. The lowest BCUT2D eigenvalue weighted by molar-refractivity contribution is 0.0951. The molecule has 2 rings (SSSR count). The number of ether oxygens (including phenoxy) is 1. The van der Waals surface area contributed by atoms with Gasteiger partial charge in [-0.15, -0.1) is 0 Å². The van der Waals surface area contributed by atoms with Crippen LogP contribution in [0, 0.1) is 0 Å². The molecule has 5 nitrogen and oxygen atoms in total. The molecule has 0 bridgehead atoms. The number of nitrogens with one attached hydrogen (secondary N) is 1. The van der Waals surface area contributed by atoms with Crippen molar-refractivity contribution in [3.63, 3.8) is 0 Å². The van der Waals surface area contributed by atoms with Gasteiger partial charge in [0.05, 0.1) is 18.4 Å². The van der Waals surface area contributed by atoms with Crippen molar-refractivity contribution in [2.45, 2.75) is 32.6 Å². The molecule has 26 heavy (non-hydrogen) atoms. The molecular formula is C20H23BrN2O3. The fraction of sp³-hybridized carbons (Fsp3) is 0.300. The molecule has 0 heterocycles. The molecule has 0 unspecified atom stereocenters. The lowest BCUT2D eigenvalue weighted by Gasteiger charge is -2.10. The Balaban J connectivity index is 1.96. The van der Waals surface area contributed by atoms with Gasteiger partial charge in [0.25, 0.3) is 5.91 Å². The number of rotatable bonds is 9. The van der Waals surface area contributed by atoms with Gasteiger partial charge in [-0.3, -0.25) is 4.79 Å². The predicted octanol–water partition coefficient (Wildman–Crippen LogP) is 4.88. The molecule has 2 N–H and O–H groups in total. The van der Waals surface area contributed by atoms with Crippen LogP contribution in [0.5, 0.6) is 11.5 Å². The zero-order valence-electron chi connectivity index (χ0n) is 14.7. The number of carbonyl (C=O) groups excluding carboxylic acids is 1. The van der Waals surface area contributed by atoms with E-state index in [9.17, 15) is 9.90 Å². The van der Waals surface area contributed by atoms with Gasteiger partial charge in [0.2, 0.25) is 0 Å². The fourth-order valence-electron chi connectivity index (χ4n) is 2.34. The zero-order valence-corrected chi connectivity index (χ0v) is 16.3. The van der Waals surface area contributed by atoms with E-state index in [0.717, 1.165) is 17.3 Å². The van der Waals surface area contributed by atoms with Crippen LogP contribution in [0.1, 0.15) is 48.5 Å². The van der Waals surface area contributed by atoms with Gasteiger partial charge < -0.3 is 9.84 Å². The minimum absolute atomic E-state index is 0.0852. The van der Waals surface area contributed by atoms with E-state index in [1.807, 2.05) is 6.07 Å². The van der Waals surface area contributed by atoms with E-state index >= 15 is 0 Å². The molecule has 0 aliphatic heterocycles. The predicted molar refractivity (Wildman–Crippen MR) is 107 cm³/mol. The minimum atomic E-state index is -0.361. The highest BCUT2D eigenvalue weighted by molar-refractivity contribution is 9.10. The summed E-state index contributed by atoms with van der Waals surface area (Å²) in [6.45, 7) is 2.74. The number of unbranched alkanes of at least 4 members (excludes halogenated alkanes) is 3. The monoisotopic (exact) mass is 418 g/mol. The van der Waals surface area contributed by atoms with Gasteiger partial charge in [0.15, 0.2) is 0 Å². The molecule has 1 amide bonds. The van der Waals surface area contributed by atoms with E-state index in [-0.39, 0.29) is 11.7 Å². The van der Waals surface area contributed by atoms with Crippen molar-refractivity contribution in [1.82, 2.24) is 5.43 Å². The summed E-state index contributed by atoms with van der Waals surface area (Å²) in [7, 11) is 0. The third-order valence-corrected chi connectivity index (χ3v) is 4.24. The van der Waals surface area contributed by atoms with Gasteiger partial charge in [0, 0.05) is 10.0 Å². The van der Waals surface area contributed by atoms with Crippen molar-refractivity contribution in [3.05, 3.63) is 58.1 Å². The topological polar surface area (TPSA) is 70.9 Å². The van der Waals surface area contributed by atoms with Gasteiger partial charge >= 0.3 is 0 Å². The lowest BCUT2D eigenvalue weighted by Crippen LogP contribution is -2.19. The molecule has 0 spiro atoms. The van der Waals surface area contributed by atoms with Crippen LogP contribution in [-0.4, -0.2) is 23.8 Å². The molecule has 2 aromatic carbocycles. The second kappa shape index (κ2) is 10.6. The Labute approximate surface area is 162 Å². The smallest absolute Gasteiger partial charge is 0.275 e. The molecule has 0 fully saturated rings. The molecule has 0 saturated heterocycles. The first-order chi connectivity index (χ1) is 12.6. The third-order valence-electron chi connectivity index (χ3n) is 3.75. The number of amides is 1. The molecular weight excluding hydrogens is 396 g/mol. The average molecular weight is 419 g/mol. The van der Waals surface area contributed by atoms with Crippen LogP contribution < -0.4 is 10.2 Å². The summed E-state index contributed by atoms with van der Waals surface area (Å²) in [6, 6.07) is 12.1. The van der Waals surface area contributed by atoms with Crippen LogP contribution in [0.2, 0.25) is 0 Å². The van der Waals surface area contributed by atoms with Crippen LogP contribution in [0.15, 0.2) is 52.0 Å². The zero-order chi connectivity index (χ0) is 18.8. The molecule has 138 valence electrons. The number of aromatic hydroxyl groups is 1. The normalized spacial score (nSPS) is 10.8. The van der Waals surface area contributed by atoms with Crippen LogP contribution in [-0.2, 0) is 0 Å². The van der Waals surface area contributed by atoms with Gasteiger partial charge in [0.1, 0.15) is 11.5 Å². The SMILES string of the molecule is CCCCCCOc1ccccc1C(=O)N/N=C/c1cc(Br)ccc1O. The number of halogens is 1. The number of hydrazone groups is 1. The summed E-state index contributed by atoms with van der Waals surface area (Å²) in [6.07, 6.45) is 5.83. The lowest BCUT2D eigenvalue weighted by atomic mass is 10.2. The number of benzene rings is 2. The van der Waals surface area contributed by atoms with Crippen LogP contribution >= 0.6 is 15.9 Å². The maximum atomic E-state index is 12.4. The standard InChI is InChI=1S/C20H23BrN2O3/c1-2-3-4-7-12-26-19-9-6-5-8-17(19)20(25)23-22-14-15-13-16(21)10-11-18(15)24/h5-6,8-11,13-14,24H,2-4,7,12H2,1H3,(H,23,25)/b22-14+. The molecule has 0 radical (unpaired) electrons. The fourth-order valence-corrected chi connectivity index (χ4v) is 2.72. The Bertz CT molecular complexity index is 762. The van der Waals surface area contributed by atoms with E-state index in [0.29, 0.717) is 23.5 Å². The highest BCUT2D eigenvalue weighted by Crippen LogP contribution is 2.20. The van der Waals surface area contributed by atoms with Crippen molar-refractivity contribution >= 4 is 28.1 Å². The summed E-state index contributed by atoms with van der Waals surface area (Å²) in [4.78, 5) is 12.4.